The molecule has 1 atom stereocenters. The molecule has 3 heterocycles. The van der Waals surface area contributed by atoms with Gasteiger partial charge in [-0.05, 0) is 25.5 Å². The number of halogens is 3. The third kappa shape index (κ3) is 3.76. The summed E-state index contributed by atoms with van der Waals surface area (Å²) in [4.78, 5) is 2.20. The molecule has 2 aromatic rings. The Kier molecular flexibility index (Phi) is 4.57. The molecule has 1 aliphatic rings. The van der Waals surface area contributed by atoms with Gasteiger partial charge in [-0.2, -0.15) is 28.6 Å². The van der Waals surface area contributed by atoms with Crippen molar-refractivity contribution in [1.29, 1.82) is 5.26 Å². The fourth-order valence-corrected chi connectivity index (χ4v) is 2.99. The van der Waals surface area contributed by atoms with Crippen LogP contribution in [-0.2, 0) is 12.7 Å². The van der Waals surface area contributed by atoms with Crippen molar-refractivity contribution >= 4 is 0 Å². The van der Waals surface area contributed by atoms with Gasteiger partial charge < -0.3 is 4.90 Å². The zero-order valence-electron chi connectivity index (χ0n) is 12.9. The summed E-state index contributed by atoms with van der Waals surface area (Å²) in [6, 6.07) is 3.14. The van der Waals surface area contributed by atoms with Crippen molar-refractivity contribution in [3.63, 3.8) is 0 Å². The van der Waals surface area contributed by atoms with Crippen molar-refractivity contribution in [1.82, 2.24) is 24.9 Å². The highest BCUT2D eigenvalue weighted by Crippen LogP contribution is 2.31. The maximum absolute atomic E-state index is 12.7. The monoisotopic (exact) mass is 338 g/mol. The summed E-state index contributed by atoms with van der Waals surface area (Å²) in [7, 11) is 0. The van der Waals surface area contributed by atoms with Crippen molar-refractivity contribution in [2.24, 2.45) is 0 Å². The Morgan fingerprint density at radius 2 is 2.21 bits per heavy atom. The highest BCUT2D eigenvalue weighted by Gasteiger charge is 2.35. The lowest BCUT2D eigenvalue weighted by molar-refractivity contribution is -0.141. The molecular formula is C15H17F3N6. The van der Waals surface area contributed by atoms with Crippen LogP contribution in [0.15, 0.2) is 18.5 Å². The third-order valence-corrected chi connectivity index (χ3v) is 4.24. The first-order valence-electron chi connectivity index (χ1n) is 7.73. The molecule has 0 unspecified atom stereocenters. The first-order chi connectivity index (χ1) is 11.5. The van der Waals surface area contributed by atoms with Crippen molar-refractivity contribution in [3.05, 3.63) is 35.4 Å². The van der Waals surface area contributed by atoms with Crippen molar-refractivity contribution < 1.29 is 13.2 Å². The molecule has 0 aliphatic carbocycles. The Morgan fingerprint density at radius 1 is 1.38 bits per heavy atom. The number of aromatic nitrogens is 4. The van der Waals surface area contributed by atoms with Crippen molar-refractivity contribution in [3.8, 4) is 6.07 Å². The van der Waals surface area contributed by atoms with E-state index in [1.54, 1.807) is 10.9 Å². The average molecular weight is 338 g/mol. The zero-order chi connectivity index (χ0) is 17.2. The highest BCUT2D eigenvalue weighted by atomic mass is 19.4. The summed E-state index contributed by atoms with van der Waals surface area (Å²) < 4.78 is 39.7. The molecule has 1 N–H and O–H groups in total. The number of nitrogens with zero attached hydrogens (tertiary/aromatic N) is 5. The molecule has 9 heteroatoms. The fourth-order valence-electron chi connectivity index (χ4n) is 2.99. The van der Waals surface area contributed by atoms with E-state index in [4.69, 9.17) is 5.26 Å². The number of H-pyrrole nitrogens is 1. The molecule has 1 saturated heterocycles. The quantitative estimate of drug-likeness (QED) is 0.929. The summed E-state index contributed by atoms with van der Waals surface area (Å²) in [5.41, 5.74) is 0.191. The molecule has 0 saturated carbocycles. The summed E-state index contributed by atoms with van der Waals surface area (Å²) in [6.45, 7) is 2.98. The molecule has 1 fully saturated rings. The van der Waals surface area contributed by atoms with E-state index in [9.17, 15) is 13.2 Å². The van der Waals surface area contributed by atoms with Crippen LogP contribution in [0.1, 0.15) is 35.7 Å². The van der Waals surface area contributed by atoms with E-state index in [2.05, 4.69) is 20.2 Å². The molecular weight excluding hydrogens is 321 g/mol. The molecule has 2 aromatic heterocycles. The van der Waals surface area contributed by atoms with Crippen LogP contribution in [0.4, 0.5) is 13.2 Å². The molecule has 24 heavy (non-hydrogen) atoms. The third-order valence-electron chi connectivity index (χ3n) is 4.24. The van der Waals surface area contributed by atoms with Gasteiger partial charge in [0.15, 0.2) is 5.69 Å². The number of likely N-dealkylation sites (tertiary alicyclic amines) is 1. The molecule has 0 amide bonds. The number of hydrogen-bond acceptors (Lipinski definition) is 4. The van der Waals surface area contributed by atoms with E-state index in [-0.39, 0.29) is 5.92 Å². The van der Waals surface area contributed by atoms with Gasteiger partial charge in [-0.25, -0.2) is 0 Å². The second-order valence-corrected chi connectivity index (χ2v) is 5.95. The van der Waals surface area contributed by atoms with E-state index in [1.165, 1.54) is 6.20 Å². The van der Waals surface area contributed by atoms with Gasteiger partial charge in [0, 0.05) is 30.9 Å². The maximum Gasteiger partial charge on any atom is 0.435 e. The standard InChI is InChI=1S/C15H17F3N6/c16-15(17,18)14-6-13(21-22-14)12-2-1-3-23(10-12)4-5-24-9-11(7-19)8-20-24/h6,8-9,12H,1-5,10H2,(H,21,22)/t12-/m0/s1. The number of alkyl halides is 3. The van der Waals surface area contributed by atoms with Crippen LogP contribution in [0.25, 0.3) is 0 Å². The van der Waals surface area contributed by atoms with Crippen LogP contribution < -0.4 is 0 Å². The van der Waals surface area contributed by atoms with E-state index in [1.807, 2.05) is 6.07 Å². The topological polar surface area (TPSA) is 73.5 Å². The van der Waals surface area contributed by atoms with Crippen LogP contribution in [-0.4, -0.2) is 44.5 Å². The molecule has 0 aromatic carbocycles. The predicted octanol–water partition coefficient (Wildman–Crippen LogP) is 2.38. The largest absolute Gasteiger partial charge is 0.435 e. The van der Waals surface area contributed by atoms with Crippen LogP contribution in [0.3, 0.4) is 0 Å². The van der Waals surface area contributed by atoms with E-state index < -0.39 is 11.9 Å². The average Bonchev–Trinajstić information content (AvgIpc) is 3.22. The Hall–Kier alpha value is -2.34. The van der Waals surface area contributed by atoms with Crippen LogP contribution in [0.2, 0.25) is 0 Å². The lowest BCUT2D eigenvalue weighted by atomic mass is 9.94. The van der Waals surface area contributed by atoms with Crippen LogP contribution in [0, 0.1) is 11.3 Å². The summed E-state index contributed by atoms with van der Waals surface area (Å²) in [5, 5.41) is 18.8. The first-order valence-corrected chi connectivity index (χ1v) is 7.73. The number of nitriles is 1. The normalized spacial score (nSPS) is 19.3. The van der Waals surface area contributed by atoms with Crippen molar-refractivity contribution in [2.45, 2.75) is 31.5 Å². The number of rotatable bonds is 4. The second kappa shape index (κ2) is 6.65. The minimum Gasteiger partial charge on any atom is -0.301 e. The maximum atomic E-state index is 12.7. The Morgan fingerprint density at radius 3 is 2.88 bits per heavy atom. The van der Waals surface area contributed by atoms with Crippen LogP contribution >= 0.6 is 0 Å². The van der Waals surface area contributed by atoms with Crippen LogP contribution in [0.5, 0.6) is 0 Å². The molecule has 0 spiro atoms. The van der Waals surface area contributed by atoms with Crippen molar-refractivity contribution in [2.75, 3.05) is 19.6 Å². The lowest BCUT2D eigenvalue weighted by Gasteiger charge is -2.32. The SMILES string of the molecule is N#Cc1cnn(CCN2CCC[C@H](c3cc(C(F)(F)F)n[nH]3)C2)c1. The van der Waals surface area contributed by atoms with E-state index in [0.29, 0.717) is 24.3 Å². The zero-order valence-corrected chi connectivity index (χ0v) is 12.9. The smallest absolute Gasteiger partial charge is 0.301 e. The number of hydrogen-bond donors (Lipinski definition) is 1. The Bertz CT molecular complexity index is 726. The van der Waals surface area contributed by atoms with Gasteiger partial charge in [-0.1, -0.05) is 0 Å². The van der Waals surface area contributed by atoms with Gasteiger partial charge in [0.2, 0.25) is 0 Å². The van der Waals surface area contributed by atoms with Gasteiger partial charge in [0.25, 0.3) is 0 Å². The molecule has 3 rings (SSSR count). The summed E-state index contributed by atoms with van der Waals surface area (Å²) >= 11 is 0. The van der Waals surface area contributed by atoms with Gasteiger partial charge in [0.1, 0.15) is 6.07 Å². The second-order valence-electron chi connectivity index (χ2n) is 5.95. The van der Waals surface area contributed by atoms with E-state index >= 15 is 0 Å². The predicted molar refractivity (Wildman–Crippen MR) is 78.9 cm³/mol. The number of aromatic amines is 1. The van der Waals surface area contributed by atoms with Gasteiger partial charge in [0.05, 0.1) is 18.3 Å². The molecule has 6 nitrogen and oxygen atoms in total. The molecule has 128 valence electrons. The molecule has 1 aliphatic heterocycles. The Labute approximate surface area is 136 Å². The minimum atomic E-state index is -4.42. The van der Waals surface area contributed by atoms with Gasteiger partial charge in [-0.3, -0.25) is 9.78 Å². The minimum absolute atomic E-state index is 0.0228. The summed E-state index contributed by atoms with van der Waals surface area (Å²) in [6.07, 6.45) is 0.555. The first kappa shape index (κ1) is 16.5. The molecule has 0 bridgehead atoms. The fraction of sp³-hybridized carbons (Fsp3) is 0.533. The van der Waals surface area contributed by atoms with Gasteiger partial charge >= 0.3 is 6.18 Å². The Balaban J connectivity index is 1.58. The highest BCUT2D eigenvalue weighted by molar-refractivity contribution is 5.21. The van der Waals surface area contributed by atoms with E-state index in [0.717, 1.165) is 32.0 Å². The number of nitrogens with one attached hydrogen (secondary N) is 1. The molecule has 0 radical (unpaired) electrons. The summed E-state index contributed by atoms with van der Waals surface area (Å²) in [5.74, 6) is 0.0228. The van der Waals surface area contributed by atoms with Gasteiger partial charge in [-0.15, -0.1) is 0 Å². The number of piperidine rings is 1. The lowest BCUT2D eigenvalue weighted by Crippen LogP contribution is -2.36.